The van der Waals surface area contributed by atoms with Crippen LogP contribution in [0.5, 0.6) is 0 Å². The second-order valence-electron chi connectivity index (χ2n) is 4.33. The third-order valence-electron chi connectivity index (χ3n) is 2.91. The molecule has 2 unspecified atom stereocenters. The maximum atomic E-state index is 12.0. The zero-order valence-electron chi connectivity index (χ0n) is 10.3. The Balaban J connectivity index is 2.06. The van der Waals surface area contributed by atoms with Gasteiger partial charge in [-0.15, -0.1) is 0 Å². The van der Waals surface area contributed by atoms with Gasteiger partial charge in [-0.05, 0) is 13.0 Å². The zero-order chi connectivity index (χ0) is 13.0. The van der Waals surface area contributed by atoms with Crippen LogP contribution in [0.3, 0.4) is 0 Å². The third kappa shape index (κ3) is 3.07. The summed E-state index contributed by atoms with van der Waals surface area (Å²) in [5.74, 6) is -0.136. The van der Waals surface area contributed by atoms with Crippen molar-refractivity contribution in [3.8, 4) is 0 Å². The lowest BCUT2D eigenvalue weighted by Gasteiger charge is -2.23. The first-order chi connectivity index (χ1) is 8.68. The summed E-state index contributed by atoms with van der Waals surface area (Å²) in [5, 5.41) is 15.5. The van der Waals surface area contributed by atoms with Gasteiger partial charge in [-0.1, -0.05) is 18.2 Å². The predicted octanol–water partition coefficient (Wildman–Crippen LogP) is 0.667. The van der Waals surface area contributed by atoms with Gasteiger partial charge in [0.25, 0.3) is 0 Å². The van der Waals surface area contributed by atoms with E-state index in [1.807, 2.05) is 12.1 Å². The first kappa shape index (κ1) is 13.0. The second kappa shape index (κ2) is 5.95. The molecule has 0 aliphatic carbocycles. The third-order valence-corrected chi connectivity index (χ3v) is 2.91. The van der Waals surface area contributed by atoms with Gasteiger partial charge in [0.1, 0.15) is 6.04 Å². The number of amides is 1. The number of morpholine rings is 1. The number of para-hydroxylation sites is 1. The molecule has 0 bridgehead atoms. The maximum absolute atomic E-state index is 12.0. The van der Waals surface area contributed by atoms with Crippen LogP contribution in [0.1, 0.15) is 18.6 Å². The Kier molecular flexibility index (Phi) is 4.30. The van der Waals surface area contributed by atoms with E-state index in [2.05, 4.69) is 10.6 Å². The van der Waals surface area contributed by atoms with Crippen LogP contribution < -0.4 is 10.6 Å². The molecule has 3 N–H and O–H groups in total. The van der Waals surface area contributed by atoms with Crippen LogP contribution >= 0.6 is 0 Å². The van der Waals surface area contributed by atoms with E-state index in [0.717, 1.165) is 0 Å². The summed E-state index contributed by atoms with van der Waals surface area (Å²) < 4.78 is 5.25. The zero-order valence-corrected chi connectivity index (χ0v) is 10.3. The second-order valence-corrected chi connectivity index (χ2v) is 4.33. The van der Waals surface area contributed by atoms with Crippen LogP contribution in [-0.2, 0) is 9.53 Å². The van der Waals surface area contributed by atoms with Crippen molar-refractivity contribution in [3.63, 3.8) is 0 Å². The van der Waals surface area contributed by atoms with Gasteiger partial charge < -0.3 is 20.5 Å². The SMILES string of the molecule is CC(O)c1ccccc1NC(=O)C1COCCN1. The number of carbonyl (C=O) groups excluding carboxylic acids is 1. The molecule has 0 aromatic heterocycles. The van der Waals surface area contributed by atoms with Gasteiger partial charge in [-0.2, -0.15) is 0 Å². The molecular weight excluding hydrogens is 232 g/mol. The van der Waals surface area contributed by atoms with E-state index >= 15 is 0 Å². The minimum Gasteiger partial charge on any atom is -0.389 e. The Labute approximate surface area is 106 Å². The Morgan fingerprint density at radius 1 is 1.56 bits per heavy atom. The van der Waals surface area contributed by atoms with Crippen molar-refractivity contribution in [1.82, 2.24) is 5.32 Å². The van der Waals surface area contributed by atoms with E-state index in [9.17, 15) is 9.90 Å². The lowest BCUT2D eigenvalue weighted by atomic mass is 10.1. The fraction of sp³-hybridized carbons (Fsp3) is 0.462. The standard InChI is InChI=1S/C13H18N2O3/c1-9(16)10-4-2-3-5-11(10)15-13(17)12-8-18-7-6-14-12/h2-5,9,12,14,16H,6-8H2,1H3,(H,15,17). The quantitative estimate of drug-likeness (QED) is 0.737. The monoisotopic (exact) mass is 250 g/mol. The van der Waals surface area contributed by atoms with Gasteiger partial charge in [-0.25, -0.2) is 0 Å². The molecule has 0 radical (unpaired) electrons. The topological polar surface area (TPSA) is 70.6 Å². The number of carbonyl (C=O) groups is 1. The smallest absolute Gasteiger partial charge is 0.243 e. The fourth-order valence-electron chi connectivity index (χ4n) is 1.93. The number of anilines is 1. The molecule has 5 heteroatoms. The lowest BCUT2D eigenvalue weighted by Crippen LogP contribution is -2.48. The van der Waals surface area contributed by atoms with Crippen molar-refractivity contribution in [2.45, 2.75) is 19.1 Å². The summed E-state index contributed by atoms with van der Waals surface area (Å²) in [4.78, 5) is 12.0. The minimum absolute atomic E-state index is 0.136. The molecule has 98 valence electrons. The minimum atomic E-state index is -0.614. The highest BCUT2D eigenvalue weighted by Gasteiger charge is 2.22. The van der Waals surface area contributed by atoms with Crippen LogP contribution in [0, 0.1) is 0 Å². The van der Waals surface area contributed by atoms with Crippen molar-refractivity contribution in [1.29, 1.82) is 0 Å². The molecule has 1 saturated heterocycles. The van der Waals surface area contributed by atoms with Gasteiger partial charge in [0.05, 0.1) is 19.3 Å². The van der Waals surface area contributed by atoms with E-state index < -0.39 is 6.10 Å². The number of rotatable bonds is 3. The van der Waals surface area contributed by atoms with Crippen LogP contribution in [0.15, 0.2) is 24.3 Å². The summed E-state index contributed by atoms with van der Waals surface area (Å²) in [5.41, 5.74) is 1.35. The largest absolute Gasteiger partial charge is 0.389 e. The molecule has 1 heterocycles. The van der Waals surface area contributed by atoms with Crippen molar-refractivity contribution >= 4 is 11.6 Å². The fourth-order valence-corrected chi connectivity index (χ4v) is 1.93. The number of hydrogen-bond acceptors (Lipinski definition) is 4. The van der Waals surface area contributed by atoms with Gasteiger partial charge in [-0.3, -0.25) is 4.79 Å². The average Bonchev–Trinajstić information content (AvgIpc) is 2.40. The van der Waals surface area contributed by atoms with E-state index in [1.165, 1.54) is 0 Å². The molecule has 2 atom stereocenters. The molecule has 18 heavy (non-hydrogen) atoms. The van der Waals surface area contributed by atoms with Crippen LogP contribution in [0.2, 0.25) is 0 Å². The van der Waals surface area contributed by atoms with Crippen molar-refractivity contribution in [2.75, 3.05) is 25.1 Å². The predicted molar refractivity (Wildman–Crippen MR) is 68.3 cm³/mol. The number of aliphatic hydroxyl groups excluding tert-OH is 1. The van der Waals surface area contributed by atoms with Gasteiger partial charge >= 0.3 is 0 Å². The highest BCUT2D eigenvalue weighted by molar-refractivity contribution is 5.95. The van der Waals surface area contributed by atoms with E-state index in [0.29, 0.717) is 31.0 Å². The van der Waals surface area contributed by atoms with E-state index in [-0.39, 0.29) is 11.9 Å². The molecule has 1 fully saturated rings. The maximum Gasteiger partial charge on any atom is 0.243 e. The summed E-state index contributed by atoms with van der Waals surface area (Å²) in [6.07, 6.45) is -0.614. The summed E-state index contributed by atoms with van der Waals surface area (Å²) in [6.45, 7) is 3.36. The number of benzene rings is 1. The van der Waals surface area contributed by atoms with E-state index in [1.54, 1.807) is 19.1 Å². The molecule has 5 nitrogen and oxygen atoms in total. The Hall–Kier alpha value is -1.43. The normalized spacial score (nSPS) is 21.3. The Morgan fingerprint density at radius 2 is 2.33 bits per heavy atom. The van der Waals surface area contributed by atoms with E-state index in [4.69, 9.17) is 4.74 Å². The van der Waals surface area contributed by atoms with Crippen LogP contribution in [-0.4, -0.2) is 36.8 Å². The molecule has 1 amide bonds. The van der Waals surface area contributed by atoms with Gasteiger partial charge in [0.15, 0.2) is 0 Å². The number of ether oxygens (including phenoxy) is 1. The molecule has 2 rings (SSSR count). The lowest BCUT2D eigenvalue weighted by molar-refractivity contribution is -0.120. The number of hydrogen-bond donors (Lipinski definition) is 3. The molecule has 1 aliphatic rings. The van der Waals surface area contributed by atoms with Gasteiger partial charge in [0.2, 0.25) is 5.91 Å². The summed E-state index contributed by atoms with van der Waals surface area (Å²) in [6, 6.07) is 6.90. The highest BCUT2D eigenvalue weighted by Crippen LogP contribution is 2.22. The summed E-state index contributed by atoms with van der Waals surface area (Å²) in [7, 11) is 0. The molecule has 0 spiro atoms. The molecule has 1 aliphatic heterocycles. The first-order valence-electron chi connectivity index (χ1n) is 6.07. The first-order valence-corrected chi connectivity index (χ1v) is 6.07. The van der Waals surface area contributed by atoms with Crippen molar-refractivity contribution < 1.29 is 14.6 Å². The van der Waals surface area contributed by atoms with Gasteiger partial charge in [0, 0.05) is 17.8 Å². The number of aliphatic hydroxyl groups is 1. The molecular formula is C13H18N2O3. The average molecular weight is 250 g/mol. The highest BCUT2D eigenvalue weighted by atomic mass is 16.5. The molecule has 0 saturated carbocycles. The van der Waals surface area contributed by atoms with Crippen LogP contribution in [0.25, 0.3) is 0 Å². The molecule has 1 aromatic carbocycles. The Bertz CT molecular complexity index is 414. The Morgan fingerprint density at radius 3 is 3.00 bits per heavy atom. The summed E-state index contributed by atoms with van der Waals surface area (Å²) >= 11 is 0. The molecule has 1 aromatic rings. The number of nitrogens with one attached hydrogen (secondary N) is 2. The van der Waals surface area contributed by atoms with Crippen molar-refractivity contribution in [2.24, 2.45) is 0 Å². The van der Waals surface area contributed by atoms with Crippen molar-refractivity contribution in [3.05, 3.63) is 29.8 Å². The van der Waals surface area contributed by atoms with Crippen LogP contribution in [0.4, 0.5) is 5.69 Å².